The van der Waals surface area contributed by atoms with E-state index in [-0.39, 0.29) is 5.41 Å². The molecule has 0 bridgehead atoms. The predicted molar refractivity (Wildman–Crippen MR) is 58.8 cm³/mol. The number of allylic oxidation sites excluding steroid dienone is 1. The molecule has 0 unspecified atom stereocenters. The SMILES string of the molecule is C=C(O[Si](C)(C)OCC)C(C)(C)C. The van der Waals surface area contributed by atoms with Gasteiger partial charge in [0.05, 0.1) is 5.76 Å². The van der Waals surface area contributed by atoms with Gasteiger partial charge in [-0.3, -0.25) is 0 Å². The Balaban J connectivity index is 4.20. The Bertz CT molecular complexity index is 180. The topological polar surface area (TPSA) is 18.5 Å². The fourth-order valence-corrected chi connectivity index (χ4v) is 2.48. The van der Waals surface area contributed by atoms with E-state index in [1.54, 1.807) is 0 Å². The molecule has 0 saturated carbocycles. The number of rotatable bonds is 4. The molecule has 0 atom stereocenters. The summed E-state index contributed by atoms with van der Waals surface area (Å²) in [5, 5.41) is 0. The van der Waals surface area contributed by atoms with Crippen molar-refractivity contribution in [3.8, 4) is 0 Å². The Morgan fingerprint density at radius 2 is 1.77 bits per heavy atom. The fourth-order valence-electron chi connectivity index (χ4n) is 0.827. The van der Waals surface area contributed by atoms with Gasteiger partial charge in [-0.2, -0.15) is 0 Å². The van der Waals surface area contributed by atoms with Crippen LogP contribution >= 0.6 is 0 Å². The average Bonchev–Trinajstić information content (AvgIpc) is 1.83. The van der Waals surface area contributed by atoms with Crippen LogP contribution in [0.2, 0.25) is 13.1 Å². The summed E-state index contributed by atoms with van der Waals surface area (Å²) in [5.41, 5.74) is 0.00136. The van der Waals surface area contributed by atoms with E-state index >= 15 is 0 Å². The predicted octanol–water partition coefficient (Wildman–Crippen LogP) is 3.30. The second-order valence-corrected chi connectivity index (χ2v) is 7.90. The lowest BCUT2D eigenvalue weighted by atomic mass is 9.95. The van der Waals surface area contributed by atoms with Crippen LogP contribution < -0.4 is 0 Å². The largest absolute Gasteiger partial charge is 0.524 e. The van der Waals surface area contributed by atoms with Crippen molar-refractivity contribution < 1.29 is 8.85 Å². The van der Waals surface area contributed by atoms with Gasteiger partial charge in [-0.1, -0.05) is 27.4 Å². The highest BCUT2D eigenvalue weighted by Crippen LogP contribution is 2.27. The molecule has 3 heteroatoms. The molecular weight excluding hydrogens is 180 g/mol. The second kappa shape index (κ2) is 4.29. The number of hydrogen-bond acceptors (Lipinski definition) is 2. The lowest BCUT2D eigenvalue weighted by Crippen LogP contribution is -2.36. The highest BCUT2D eigenvalue weighted by molar-refractivity contribution is 6.64. The minimum atomic E-state index is -1.98. The molecule has 0 fully saturated rings. The molecule has 0 amide bonds. The van der Waals surface area contributed by atoms with Gasteiger partial charge in [-0.15, -0.1) is 0 Å². The van der Waals surface area contributed by atoms with Crippen LogP contribution in [-0.2, 0) is 8.85 Å². The highest BCUT2D eigenvalue weighted by Gasteiger charge is 2.30. The second-order valence-electron chi connectivity index (χ2n) is 4.61. The zero-order chi connectivity index (χ0) is 10.7. The van der Waals surface area contributed by atoms with Gasteiger partial charge in [0.25, 0.3) is 0 Å². The zero-order valence-electron chi connectivity index (χ0n) is 9.73. The Labute approximate surface area is 83.2 Å². The van der Waals surface area contributed by atoms with Gasteiger partial charge in [0, 0.05) is 12.0 Å². The van der Waals surface area contributed by atoms with E-state index in [0.29, 0.717) is 6.61 Å². The van der Waals surface area contributed by atoms with Crippen molar-refractivity contribution in [1.29, 1.82) is 0 Å². The van der Waals surface area contributed by atoms with E-state index in [4.69, 9.17) is 8.85 Å². The first-order valence-corrected chi connectivity index (χ1v) is 7.53. The minimum absolute atomic E-state index is 0.00136. The van der Waals surface area contributed by atoms with Crippen molar-refractivity contribution in [2.75, 3.05) is 6.61 Å². The molecule has 0 spiro atoms. The molecule has 0 aliphatic rings. The maximum absolute atomic E-state index is 5.76. The minimum Gasteiger partial charge on any atom is -0.524 e. The normalized spacial score (nSPS) is 12.8. The van der Waals surface area contributed by atoms with Crippen molar-refractivity contribution in [3.63, 3.8) is 0 Å². The van der Waals surface area contributed by atoms with E-state index in [0.717, 1.165) is 5.76 Å². The molecule has 0 aromatic rings. The van der Waals surface area contributed by atoms with Gasteiger partial charge in [0.2, 0.25) is 0 Å². The molecule has 0 aromatic heterocycles. The molecular formula is C10H22O2Si. The van der Waals surface area contributed by atoms with E-state index < -0.39 is 8.56 Å². The van der Waals surface area contributed by atoms with Gasteiger partial charge in [0.1, 0.15) is 0 Å². The first kappa shape index (κ1) is 12.7. The van der Waals surface area contributed by atoms with Crippen molar-refractivity contribution in [1.82, 2.24) is 0 Å². The van der Waals surface area contributed by atoms with Crippen LogP contribution in [0.1, 0.15) is 27.7 Å². The van der Waals surface area contributed by atoms with E-state index in [2.05, 4.69) is 27.4 Å². The fraction of sp³-hybridized carbons (Fsp3) is 0.800. The van der Waals surface area contributed by atoms with Crippen molar-refractivity contribution in [2.24, 2.45) is 5.41 Å². The Morgan fingerprint density at radius 1 is 1.31 bits per heavy atom. The molecule has 0 aliphatic heterocycles. The lowest BCUT2D eigenvalue weighted by molar-refractivity contribution is 0.194. The zero-order valence-corrected chi connectivity index (χ0v) is 10.7. The molecule has 0 aliphatic carbocycles. The molecule has 2 nitrogen and oxygen atoms in total. The molecule has 0 heterocycles. The van der Waals surface area contributed by atoms with Crippen LogP contribution in [0, 0.1) is 5.41 Å². The third kappa shape index (κ3) is 5.11. The summed E-state index contributed by atoms with van der Waals surface area (Å²) < 4.78 is 11.3. The van der Waals surface area contributed by atoms with E-state index in [9.17, 15) is 0 Å². The van der Waals surface area contributed by atoms with Crippen LogP contribution in [0.5, 0.6) is 0 Å². The van der Waals surface area contributed by atoms with Gasteiger partial charge >= 0.3 is 8.56 Å². The average molecular weight is 202 g/mol. The Kier molecular flexibility index (Phi) is 4.19. The maximum Gasteiger partial charge on any atom is 0.392 e. The summed E-state index contributed by atoms with van der Waals surface area (Å²) in [4.78, 5) is 0. The van der Waals surface area contributed by atoms with Crippen molar-refractivity contribution in [2.45, 2.75) is 40.8 Å². The van der Waals surface area contributed by atoms with E-state index in [1.807, 2.05) is 20.0 Å². The molecule has 13 heavy (non-hydrogen) atoms. The summed E-state index contributed by atoms with van der Waals surface area (Å²) in [7, 11) is -1.98. The maximum atomic E-state index is 5.76. The van der Waals surface area contributed by atoms with Gasteiger partial charge in [0.15, 0.2) is 0 Å². The smallest absolute Gasteiger partial charge is 0.392 e. The molecule has 0 rings (SSSR count). The van der Waals surface area contributed by atoms with Crippen LogP contribution in [0.15, 0.2) is 12.3 Å². The monoisotopic (exact) mass is 202 g/mol. The van der Waals surface area contributed by atoms with Crippen LogP contribution in [0.25, 0.3) is 0 Å². The first-order chi connectivity index (χ1) is 5.69. The first-order valence-electron chi connectivity index (χ1n) is 4.71. The van der Waals surface area contributed by atoms with Crippen LogP contribution in [0.4, 0.5) is 0 Å². The number of hydrogen-bond donors (Lipinski definition) is 0. The Hall–Kier alpha value is -0.283. The van der Waals surface area contributed by atoms with Gasteiger partial charge < -0.3 is 8.85 Å². The molecule has 0 saturated heterocycles. The third-order valence-electron chi connectivity index (χ3n) is 1.70. The van der Waals surface area contributed by atoms with Gasteiger partial charge in [-0.05, 0) is 20.0 Å². The summed E-state index contributed by atoms with van der Waals surface area (Å²) in [6, 6.07) is 0. The third-order valence-corrected chi connectivity index (χ3v) is 3.42. The quantitative estimate of drug-likeness (QED) is 0.514. The van der Waals surface area contributed by atoms with Crippen molar-refractivity contribution in [3.05, 3.63) is 12.3 Å². The molecule has 78 valence electrons. The van der Waals surface area contributed by atoms with E-state index in [1.165, 1.54) is 0 Å². The van der Waals surface area contributed by atoms with Crippen LogP contribution in [-0.4, -0.2) is 15.2 Å². The molecule has 0 radical (unpaired) electrons. The summed E-state index contributed by atoms with van der Waals surface area (Å²) >= 11 is 0. The van der Waals surface area contributed by atoms with Crippen LogP contribution in [0.3, 0.4) is 0 Å². The Morgan fingerprint density at radius 3 is 2.08 bits per heavy atom. The molecule has 0 aromatic carbocycles. The van der Waals surface area contributed by atoms with Gasteiger partial charge in [-0.25, -0.2) is 0 Å². The van der Waals surface area contributed by atoms with Crippen molar-refractivity contribution >= 4 is 8.56 Å². The summed E-state index contributed by atoms with van der Waals surface area (Å²) in [6.07, 6.45) is 0. The highest BCUT2D eigenvalue weighted by atomic mass is 28.4. The lowest BCUT2D eigenvalue weighted by Gasteiger charge is -2.30. The standard InChI is InChI=1S/C10H22O2Si/c1-8-11-13(6,7)12-9(2)10(3,4)5/h2,8H2,1,3-7H3. The summed E-state index contributed by atoms with van der Waals surface area (Å²) in [5.74, 6) is 0.817. The summed E-state index contributed by atoms with van der Waals surface area (Å²) in [6.45, 7) is 17.0. The molecule has 0 N–H and O–H groups in total.